The number of hydrogen-bond acceptors (Lipinski definition) is 4. The lowest BCUT2D eigenvalue weighted by Gasteiger charge is -2.16. The minimum absolute atomic E-state index is 0.390. The van der Waals surface area contributed by atoms with Crippen LogP contribution in [0.5, 0.6) is 5.88 Å². The Hall–Kier alpha value is -2.49. The maximum absolute atomic E-state index is 6.23. The summed E-state index contributed by atoms with van der Waals surface area (Å²) in [6.45, 7) is 0.733. The van der Waals surface area contributed by atoms with E-state index < -0.39 is 6.29 Å². The Balaban J connectivity index is 0.975. The summed E-state index contributed by atoms with van der Waals surface area (Å²) in [5.41, 5.74) is 3.38. The largest absolute Gasteiger partial charge is 0.478 e. The number of hydrogen-bond donors (Lipinski definition) is 0. The van der Waals surface area contributed by atoms with Crippen molar-refractivity contribution in [2.45, 2.75) is 122 Å². The summed E-state index contributed by atoms with van der Waals surface area (Å²) in [6.07, 6.45) is 27.6. The maximum atomic E-state index is 6.23. The monoisotopic (exact) mass is 531 g/mol. The third-order valence-electron chi connectivity index (χ3n) is 8.57. The number of ether oxygens (including phenoxy) is 3. The quantitative estimate of drug-likeness (QED) is 0.159. The van der Waals surface area contributed by atoms with Crippen LogP contribution in [0.2, 0.25) is 0 Å². The molecule has 2 heterocycles. The number of aromatic nitrogens is 1. The highest BCUT2D eigenvalue weighted by atomic mass is 16.7. The van der Waals surface area contributed by atoms with E-state index in [-0.39, 0.29) is 0 Å². The molecule has 3 aliphatic rings. The minimum atomic E-state index is -0.390. The molecule has 4 heteroatoms. The number of benzene rings is 1. The lowest BCUT2D eigenvalue weighted by Crippen LogP contribution is -2.04. The van der Waals surface area contributed by atoms with Crippen LogP contribution in [0.4, 0.5) is 0 Å². The van der Waals surface area contributed by atoms with Gasteiger partial charge in [0.2, 0.25) is 5.88 Å². The third-order valence-corrected chi connectivity index (χ3v) is 8.57. The second kappa shape index (κ2) is 15.3. The molecule has 0 N–H and O–H groups in total. The molecule has 0 bridgehead atoms. The molecule has 2 fully saturated rings. The highest BCUT2D eigenvalue weighted by Gasteiger charge is 2.25. The second-order valence-corrected chi connectivity index (χ2v) is 12.1. The van der Waals surface area contributed by atoms with Crippen molar-refractivity contribution in [2.24, 2.45) is 11.8 Å². The fourth-order valence-corrected chi connectivity index (χ4v) is 5.68. The van der Waals surface area contributed by atoms with Crippen molar-refractivity contribution in [3.63, 3.8) is 0 Å². The van der Waals surface area contributed by atoms with Crippen LogP contribution >= 0.6 is 0 Å². The highest BCUT2D eigenvalue weighted by Crippen LogP contribution is 2.36. The zero-order valence-electron chi connectivity index (χ0n) is 24.0. The van der Waals surface area contributed by atoms with E-state index in [4.69, 9.17) is 14.2 Å². The van der Waals surface area contributed by atoms with Crippen LogP contribution in [0.3, 0.4) is 0 Å². The molecule has 5 rings (SSSR count). The summed E-state index contributed by atoms with van der Waals surface area (Å²) in [7, 11) is 0. The fraction of sp³-hybridized carbons (Fsp3) is 0.629. The molecule has 0 radical (unpaired) electrons. The van der Waals surface area contributed by atoms with Gasteiger partial charge in [-0.05, 0) is 42.7 Å². The van der Waals surface area contributed by atoms with Gasteiger partial charge in [-0.25, -0.2) is 4.98 Å². The van der Waals surface area contributed by atoms with Gasteiger partial charge in [-0.1, -0.05) is 121 Å². The molecule has 1 aromatic carbocycles. The van der Waals surface area contributed by atoms with Crippen LogP contribution in [0.1, 0.15) is 132 Å². The van der Waals surface area contributed by atoms with E-state index in [1.807, 2.05) is 18.3 Å². The molecule has 0 amide bonds. The standard InChI is InChI=1S/C35H49NO3/c1(2-4-8-14-28-19-20-28)3-5-10-16-30-17-11-12-18-32(30)35-38-27-33(39-35)31-23-24-34(36-26-31)37-25-13-7-6-9-15-29-21-22-29/h11-12,17-18,23-24,26-29,35H,1-10,13-16,19-22,25H2. The summed E-state index contributed by atoms with van der Waals surface area (Å²) in [5.74, 6) is 3.54. The number of rotatable bonds is 20. The molecule has 1 aromatic heterocycles. The summed E-state index contributed by atoms with van der Waals surface area (Å²) in [6, 6.07) is 12.5. The summed E-state index contributed by atoms with van der Waals surface area (Å²) >= 11 is 0. The Morgan fingerprint density at radius 3 is 2.08 bits per heavy atom. The second-order valence-electron chi connectivity index (χ2n) is 12.1. The van der Waals surface area contributed by atoms with Crippen LogP contribution in [0.25, 0.3) is 5.76 Å². The van der Waals surface area contributed by atoms with Gasteiger partial charge in [-0.2, -0.15) is 0 Å². The molecule has 2 aromatic rings. The molecule has 1 aliphatic heterocycles. The van der Waals surface area contributed by atoms with Gasteiger partial charge in [0, 0.05) is 23.4 Å². The molecular weight excluding hydrogens is 482 g/mol. The number of pyridine rings is 1. The Kier molecular flexibility index (Phi) is 11.0. The third kappa shape index (κ3) is 9.89. The first kappa shape index (κ1) is 28.1. The predicted molar refractivity (Wildman–Crippen MR) is 158 cm³/mol. The topological polar surface area (TPSA) is 40.6 Å². The smallest absolute Gasteiger partial charge is 0.267 e. The summed E-state index contributed by atoms with van der Waals surface area (Å²) in [4.78, 5) is 4.50. The molecule has 2 saturated carbocycles. The van der Waals surface area contributed by atoms with Crippen molar-refractivity contribution in [1.82, 2.24) is 4.98 Å². The van der Waals surface area contributed by atoms with E-state index in [2.05, 4.69) is 29.2 Å². The van der Waals surface area contributed by atoms with Gasteiger partial charge in [0.05, 0.1) is 6.61 Å². The molecule has 1 unspecified atom stereocenters. The van der Waals surface area contributed by atoms with Crippen LogP contribution in [-0.4, -0.2) is 11.6 Å². The Morgan fingerprint density at radius 2 is 1.38 bits per heavy atom. The highest BCUT2D eigenvalue weighted by molar-refractivity contribution is 5.59. The SMILES string of the molecule is C1=C(c2ccc(OCCCCCCC3CC3)nc2)OC(c2ccccc2CCCCCCCCCC2CC2)O1. The van der Waals surface area contributed by atoms with Crippen LogP contribution in [-0.2, 0) is 15.9 Å². The van der Waals surface area contributed by atoms with Gasteiger partial charge < -0.3 is 14.2 Å². The van der Waals surface area contributed by atoms with Crippen LogP contribution < -0.4 is 4.74 Å². The summed E-state index contributed by atoms with van der Waals surface area (Å²) in [5, 5.41) is 0. The van der Waals surface area contributed by atoms with E-state index in [1.54, 1.807) is 6.26 Å². The molecule has 0 saturated heterocycles. The average Bonchev–Trinajstić information content (AvgIpc) is 3.91. The van der Waals surface area contributed by atoms with Crippen LogP contribution in [0.15, 0.2) is 48.9 Å². The molecule has 0 spiro atoms. The zero-order chi connectivity index (χ0) is 26.5. The fourth-order valence-electron chi connectivity index (χ4n) is 5.68. The van der Waals surface area contributed by atoms with E-state index >= 15 is 0 Å². The first-order chi connectivity index (χ1) is 19.3. The molecular formula is C35H49NO3. The number of nitrogens with zero attached hydrogens (tertiary/aromatic N) is 1. The molecule has 2 aliphatic carbocycles. The van der Waals surface area contributed by atoms with Crippen molar-refractivity contribution < 1.29 is 14.2 Å². The van der Waals surface area contributed by atoms with Gasteiger partial charge in [-0.15, -0.1) is 0 Å². The molecule has 4 nitrogen and oxygen atoms in total. The first-order valence-corrected chi connectivity index (χ1v) is 16.0. The van der Waals surface area contributed by atoms with Gasteiger partial charge in [0.1, 0.15) is 6.26 Å². The molecule has 212 valence electrons. The summed E-state index contributed by atoms with van der Waals surface area (Å²) < 4.78 is 18.1. The van der Waals surface area contributed by atoms with Crippen molar-refractivity contribution in [2.75, 3.05) is 6.61 Å². The molecule has 1 atom stereocenters. The Bertz CT molecular complexity index is 1010. The Labute approximate surface area is 236 Å². The van der Waals surface area contributed by atoms with Gasteiger partial charge in [-0.3, -0.25) is 0 Å². The lowest BCUT2D eigenvalue weighted by molar-refractivity contribution is -0.0177. The lowest BCUT2D eigenvalue weighted by atomic mass is 9.99. The van der Waals surface area contributed by atoms with E-state index in [9.17, 15) is 0 Å². The van der Waals surface area contributed by atoms with E-state index in [0.29, 0.717) is 5.88 Å². The van der Waals surface area contributed by atoms with Gasteiger partial charge in [0.25, 0.3) is 6.29 Å². The number of unbranched alkanes of at least 4 members (excludes halogenated alkanes) is 9. The van der Waals surface area contributed by atoms with Crippen molar-refractivity contribution in [3.8, 4) is 5.88 Å². The maximum Gasteiger partial charge on any atom is 0.267 e. The van der Waals surface area contributed by atoms with Gasteiger partial charge in [0.15, 0.2) is 5.76 Å². The van der Waals surface area contributed by atoms with E-state index in [1.165, 1.54) is 108 Å². The predicted octanol–water partition coefficient (Wildman–Crippen LogP) is 9.94. The minimum Gasteiger partial charge on any atom is -0.478 e. The normalized spacial score (nSPS) is 18.5. The van der Waals surface area contributed by atoms with Crippen molar-refractivity contribution in [1.29, 1.82) is 0 Å². The van der Waals surface area contributed by atoms with Gasteiger partial charge >= 0.3 is 0 Å². The number of aryl methyl sites for hydroxylation is 1. The first-order valence-electron chi connectivity index (χ1n) is 16.0. The van der Waals surface area contributed by atoms with Crippen LogP contribution in [0, 0.1) is 11.8 Å². The van der Waals surface area contributed by atoms with Crippen molar-refractivity contribution in [3.05, 3.63) is 65.5 Å². The zero-order valence-corrected chi connectivity index (χ0v) is 24.0. The average molecular weight is 532 g/mol. The Morgan fingerprint density at radius 1 is 0.718 bits per heavy atom. The molecule has 39 heavy (non-hydrogen) atoms. The van der Waals surface area contributed by atoms with E-state index in [0.717, 1.165) is 48.2 Å². The van der Waals surface area contributed by atoms with Crippen molar-refractivity contribution >= 4 is 5.76 Å².